The highest BCUT2D eigenvalue weighted by molar-refractivity contribution is 5.10. The standard InChI is InChI=1S/C9H16O6/c1-3(2)4(10)5(11)8-6(12)7(13)9(14)15-8/h5-14H,1-2H3/t5?,6-,7-,8-,9?/m1/s1. The molecule has 5 atom stereocenters. The van der Waals surface area contributed by atoms with E-state index in [9.17, 15) is 20.4 Å². The van der Waals surface area contributed by atoms with Gasteiger partial charge in [0.05, 0.1) is 0 Å². The van der Waals surface area contributed by atoms with Crippen LogP contribution in [0.4, 0.5) is 0 Å². The fourth-order valence-corrected chi connectivity index (χ4v) is 1.40. The molecule has 0 aromatic carbocycles. The van der Waals surface area contributed by atoms with Crippen LogP contribution in [0.1, 0.15) is 13.8 Å². The minimum atomic E-state index is -1.55. The number of ether oxygens (including phenoxy) is 1. The molecule has 0 bridgehead atoms. The van der Waals surface area contributed by atoms with Crippen LogP contribution in [0.5, 0.6) is 0 Å². The zero-order chi connectivity index (χ0) is 11.7. The molecule has 1 aliphatic rings. The lowest BCUT2D eigenvalue weighted by Gasteiger charge is -2.20. The van der Waals surface area contributed by atoms with Crippen molar-refractivity contribution in [3.63, 3.8) is 0 Å². The molecule has 1 saturated heterocycles. The van der Waals surface area contributed by atoms with Gasteiger partial charge >= 0.3 is 0 Å². The van der Waals surface area contributed by atoms with Crippen molar-refractivity contribution in [2.45, 2.75) is 44.6 Å². The summed E-state index contributed by atoms with van der Waals surface area (Å²) in [4.78, 5) is 0. The highest BCUT2D eigenvalue weighted by Gasteiger charge is 2.46. The zero-order valence-electron chi connectivity index (χ0n) is 8.53. The Hall–Kier alpha value is -0.660. The van der Waals surface area contributed by atoms with Crippen LogP contribution >= 0.6 is 0 Å². The van der Waals surface area contributed by atoms with Crippen LogP contribution in [0, 0.1) is 0 Å². The molecule has 0 spiro atoms. The number of aliphatic hydroxyl groups excluding tert-OH is 5. The molecule has 2 unspecified atom stereocenters. The first kappa shape index (κ1) is 12.4. The van der Waals surface area contributed by atoms with Gasteiger partial charge in [-0.15, -0.1) is 0 Å². The molecule has 6 heteroatoms. The minimum Gasteiger partial charge on any atom is -0.510 e. The van der Waals surface area contributed by atoms with E-state index in [1.54, 1.807) is 13.8 Å². The monoisotopic (exact) mass is 220 g/mol. The van der Waals surface area contributed by atoms with E-state index in [2.05, 4.69) is 0 Å². The Morgan fingerprint density at radius 2 is 1.67 bits per heavy atom. The minimum absolute atomic E-state index is 0.333. The second kappa shape index (κ2) is 4.46. The molecular weight excluding hydrogens is 204 g/mol. The second-order valence-electron chi connectivity index (χ2n) is 3.80. The molecule has 6 nitrogen and oxygen atoms in total. The third-order valence-electron chi connectivity index (χ3n) is 2.38. The first-order valence-electron chi connectivity index (χ1n) is 4.60. The summed E-state index contributed by atoms with van der Waals surface area (Å²) >= 11 is 0. The van der Waals surface area contributed by atoms with Crippen molar-refractivity contribution in [2.24, 2.45) is 0 Å². The van der Waals surface area contributed by atoms with E-state index in [1.807, 2.05) is 0 Å². The van der Waals surface area contributed by atoms with Gasteiger partial charge in [0.25, 0.3) is 0 Å². The normalized spacial score (nSPS) is 37.7. The van der Waals surface area contributed by atoms with Gasteiger partial charge in [0, 0.05) is 0 Å². The summed E-state index contributed by atoms with van der Waals surface area (Å²) in [6.45, 7) is 3.15. The van der Waals surface area contributed by atoms with E-state index in [1.165, 1.54) is 0 Å². The van der Waals surface area contributed by atoms with Gasteiger partial charge in [-0.25, -0.2) is 0 Å². The molecule has 5 N–H and O–H groups in total. The molecule has 0 radical (unpaired) electrons. The van der Waals surface area contributed by atoms with E-state index in [4.69, 9.17) is 9.84 Å². The van der Waals surface area contributed by atoms with Gasteiger partial charge in [-0.05, 0) is 19.4 Å². The average Bonchev–Trinajstić information content (AvgIpc) is 2.43. The average molecular weight is 220 g/mol. The van der Waals surface area contributed by atoms with Crippen LogP contribution in [0.25, 0.3) is 0 Å². The number of hydrogen-bond donors (Lipinski definition) is 5. The molecule has 0 aromatic rings. The molecule has 1 rings (SSSR count). The third-order valence-corrected chi connectivity index (χ3v) is 2.38. The lowest BCUT2D eigenvalue weighted by molar-refractivity contribution is -0.144. The van der Waals surface area contributed by atoms with Gasteiger partial charge in [-0.3, -0.25) is 0 Å². The smallest absolute Gasteiger partial charge is 0.184 e. The van der Waals surface area contributed by atoms with Crippen LogP contribution in [0.3, 0.4) is 0 Å². The van der Waals surface area contributed by atoms with Gasteiger partial charge in [-0.1, -0.05) is 0 Å². The van der Waals surface area contributed by atoms with Crippen molar-refractivity contribution in [3.8, 4) is 0 Å². The van der Waals surface area contributed by atoms with Crippen molar-refractivity contribution in [1.82, 2.24) is 0 Å². The number of allylic oxidation sites excluding steroid dienone is 1. The van der Waals surface area contributed by atoms with Gasteiger partial charge in [0.15, 0.2) is 6.29 Å². The van der Waals surface area contributed by atoms with Crippen molar-refractivity contribution in [1.29, 1.82) is 0 Å². The molecule has 1 heterocycles. The summed E-state index contributed by atoms with van der Waals surface area (Å²) < 4.78 is 4.73. The van der Waals surface area contributed by atoms with E-state index < -0.39 is 30.7 Å². The van der Waals surface area contributed by atoms with Crippen molar-refractivity contribution < 1.29 is 30.3 Å². The molecule has 0 saturated carbocycles. The van der Waals surface area contributed by atoms with Gasteiger partial charge in [0.1, 0.15) is 30.2 Å². The Balaban J connectivity index is 2.78. The van der Waals surface area contributed by atoms with E-state index >= 15 is 0 Å². The van der Waals surface area contributed by atoms with Crippen LogP contribution in [0.2, 0.25) is 0 Å². The van der Waals surface area contributed by atoms with E-state index in [-0.39, 0.29) is 5.76 Å². The Kier molecular flexibility index (Phi) is 3.69. The van der Waals surface area contributed by atoms with E-state index in [0.717, 1.165) is 0 Å². The Morgan fingerprint density at radius 1 is 1.13 bits per heavy atom. The maximum Gasteiger partial charge on any atom is 0.184 e. The maximum atomic E-state index is 9.58. The molecule has 0 aliphatic carbocycles. The number of aliphatic hydroxyl groups is 5. The van der Waals surface area contributed by atoms with E-state index in [0.29, 0.717) is 5.57 Å². The SMILES string of the molecule is CC(C)=C(O)C(O)[C@H]1OC(O)[C@H](O)[C@H]1O. The molecule has 1 fully saturated rings. The molecule has 1 aliphatic heterocycles. The Labute approximate surface area is 87.0 Å². The molecular formula is C9H16O6. The van der Waals surface area contributed by atoms with Crippen molar-refractivity contribution >= 4 is 0 Å². The van der Waals surface area contributed by atoms with Gasteiger partial charge in [-0.2, -0.15) is 0 Å². The second-order valence-corrected chi connectivity index (χ2v) is 3.80. The van der Waals surface area contributed by atoms with Gasteiger partial charge < -0.3 is 30.3 Å². The fraction of sp³-hybridized carbons (Fsp3) is 0.778. The summed E-state index contributed by atoms with van der Waals surface area (Å²) in [6.07, 6.45) is -7.16. The summed E-state index contributed by atoms with van der Waals surface area (Å²) in [5.74, 6) is -0.333. The predicted molar refractivity (Wildman–Crippen MR) is 49.9 cm³/mol. The van der Waals surface area contributed by atoms with Crippen LogP contribution < -0.4 is 0 Å². The fourth-order valence-electron chi connectivity index (χ4n) is 1.40. The zero-order valence-corrected chi connectivity index (χ0v) is 8.53. The highest BCUT2D eigenvalue weighted by Crippen LogP contribution is 2.25. The predicted octanol–water partition coefficient (Wildman–Crippen LogP) is -1.36. The Bertz CT molecular complexity index is 259. The van der Waals surface area contributed by atoms with Crippen LogP contribution in [-0.4, -0.2) is 56.2 Å². The first-order chi connectivity index (χ1) is 6.86. The number of hydrogen-bond acceptors (Lipinski definition) is 6. The molecule has 0 amide bonds. The van der Waals surface area contributed by atoms with Gasteiger partial charge in [0.2, 0.25) is 0 Å². The number of rotatable bonds is 2. The summed E-state index contributed by atoms with van der Waals surface area (Å²) in [5, 5.41) is 46.6. The molecule has 88 valence electrons. The maximum absolute atomic E-state index is 9.58. The van der Waals surface area contributed by atoms with Crippen LogP contribution in [-0.2, 0) is 4.74 Å². The first-order valence-corrected chi connectivity index (χ1v) is 4.60. The Morgan fingerprint density at radius 3 is 2.00 bits per heavy atom. The quantitative estimate of drug-likeness (QED) is 0.367. The largest absolute Gasteiger partial charge is 0.510 e. The van der Waals surface area contributed by atoms with Crippen molar-refractivity contribution in [2.75, 3.05) is 0 Å². The molecule has 15 heavy (non-hydrogen) atoms. The lowest BCUT2D eigenvalue weighted by Crippen LogP contribution is -2.40. The van der Waals surface area contributed by atoms with Crippen LogP contribution in [0.15, 0.2) is 11.3 Å². The summed E-state index contributed by atoms with van der Waals surface area (Å²) in [6, 6.07) is 0. The lowest BCUT2D eigenvalue weighted by atomic mass is 10.0. The molecule has 0 aromatic heterocycles. The summed E-state index contributed by atoms with van der Waals surface area (Å²) in [7, 11) is 0. The van der Waals surface area contributed by atoms with Crippen molar-refractivity contribution in [3.05, 3.63) is 11.3 Å². The topological polar surface area (TPSA) is 110 Å². The summed E-state index contributed by atoms with van der Waals surface area (Å²) in [5.41, 5.74) is 0.467. The highest BCUT2D eigenvalue weighted by atomic mass is 16.6. The third kappa shape index (κ3) is 2.30.